The largest absolute Gasteiger partial charge is 0.348 e. The first kappa shape index (κ1) is 16.8. The van der Waals surface area contributed by atoms with Crippen LogP contribution in [0.3, 0.4) is 0 Å². The minimum Gasteiger partial charge on any atom is -0.348 e. The van der Waals surface area contributed by atoms with Gasteiger partial charge in [-0.25, -0.2) is 4.79 Å². The minimum absolute atomic E-state index is 0.101. The van der Waals surface area contributed by atoms with Crippen molar-refractivity contribution in [2.24, 2.45) is 0 Å². The Kier molecular flexibility index (Phi) is 6.00. The number of hydrogen-bond acceptors (Lipinski definition) is 2. The van der Waals surface area contributed by atoms with Gasteiger partial charge in [0, 0.05) is 10.7 Å². The number of para-hydroxylation sites is 1. The third-order valence-electron chi connectivity index (χ3n) is 3.19. The van der Waals surface area contributed by atoms with Crippen LogP contribution in [0.15, 0.2) is 54.6 Å². The van der Waals surface area contributed by atoms with Crippen molar-refractivity contribution < 1.29 is 9.59 Å². The summed E-state index contributed by atoms with van der Waals surface area (Å²) < 4.78 is 0. The number of urea groups is 1. The third kappa shape index (κ3) is 5.64. The number of carbonyl (C=O) groups excluding carboxylic acids is 2. The van der Waals surface area contributed by atoms with Gasteiger partial charge in [-0.15, -0.1) is 0 Å². The summed E-state index contributed by atoms with van der Waals surface area (Å²) in [5.41, 5.74) is 1.61. The molecule has 5 nitrogen and oxygen atoms in total. The van der Waals surface area contributed by atoms with Gasteiger partial charge in [-0.2, -0.15) is 0 Å². The zero-order chi connectivity index (χ0) is 16.7. The molecule has 0 bridgehead atoms. The average molecular weight is 332 g/mol. The monoisotopic (exact) mass is 331 g/mol. The maximum absolute atomic E-state index is 11.9. The summed E-state index contributed by atoms with van der Waals surface area (Å²) in [7, 11) is 0. The van der Waals surface area contributed by atoms with E-state index in [1.165, 1.54) is 0 Å². The molecule has 0 saturated heterocycles. The highest BCUT2D eigenvalue weighted by Crippen LogP contribution is 2.15. The lowest BCUT2D eigenvalue weighted by atomic mass is 10.1. The van der Waals surface area contributed by atoms with Crippen LogP contribution in [0.25, 0.3) is 0 Å². The molecule has 3 N–H and O–H groups in total. The number of benzene rings is 2. The molecule has 6 heteroatoms. The molecule has 1 unspecified atom stereocenters. The summed E-state index contributed by atoms with van der Waals surface area (Å²) in [6.07, 6.45) is 0. The molecule has 0 aliphatic carbocycles. The van der Waals surface area contributed by atoms with Gasteiger partial charge < -0.3 is 16.0 Å². The zero-order valence-corrected chi connectivity index (χ0v) is 13.4. The number of hydrogen-bond donors (Lipinski definition) is 3. The van der Waals surface area contributed by atoms with E-state index in [0.29, 0.717) is 10.7 Å². The van der Waals surface area contributed by atoms with Crippen molar-refractivity contribution >= 4 is 29.2 Å². The van der Waals surface area contributed by atoms with Crippen LogP contribution < -0.4 is 16.0 Å². The van der Waals surface area contributed by atoms with Crippen molar-refractivity contribution in [3.8, 4) is 0 Å². The number of halogens is 1. The molecule has 2 aromatic carbocycles. The predicted molar refractivity (Wildman–Crippen MR) is 91.5 cm³/mol. The average Bonchev–Trinajstić information content (AvgIpc) is 2.54. The van der Waals surface area contributed by atoms with Gasteiger partial charge in [-0.05, 0) is 36.8 Å². The van der Waals surface area contributed by atoms with Crippen LogP contribution in [0, 0.1) is 0 Å². The Morgan fingerprint density at radius 3 is 2.35 bits per heavy atom. The zero-order valence-electron chi connectivity index (χ0n) is 12.7. The quantitative estimate of drug-likeness (QED) is 0.786. The molecular weight excluding hydrogens is 314 g/mol. The van der Waals surface area contributed by atoms with E-state index in [1.54, 1.807) is 24.3 Å². The topological polar surface area (TPSA) is 70.2 Å². The van der Waals surface area contributed by atoms with Crippen LogP contribution in [0.1, 0.15) is 18.5 Å². The molecular formula is C17H18ClN3O2. The molecule has 0 aliphatic rings. The maximum Gasteiger partial charge on any atom is 0.319 e. The van der Waals surface area contributed by atoms with Crippen LogP contribution in [0.4, 0.5) is 10.5 Å². The van der Waals surface area contributed by atoms with Gasteiger partial charge in [-0.3, -0.25) is 4.79 Å². The standard InChI is InChI=1S/C17H18ClN3O2/c1-12(13-7-9-14(18)10-8-13)20-16(22)11-19-17(23)21-15-5-3-2-4-6-15/h2-10,12H,11H2,1H3,(H,20,22)(H2,19,21,23). The van der Waals surface area contributed by atoms with E-state index >= 15 is 0 Å². The van der Waals surface area contributed by atoms with E-state index in [-0.39, 0.29) is 18.5 Å². The molecule has 0 fully saturated rings. The van der Waals surface area contributed by atoms with Gasteiger partial charge in [0.15, 0.2) is 0 Å². The van der Waals surface area contributed by atoms with Gasteiger partial charge in [0.25, 0.3) is 0 Å². The van der Waals surface area contributed by atoms with Crippen LogP contribution >= 0.6 is 11.6 Å². The molecule has 23 heavy (non-hydrogen) atoms. The number of nitrogens with one attached hydrogen (secondary N) is 3. The second-order valence-electron chi connectivity index (χ2n) is 5.01. The summed E-state index contributed by atoms with van der Waals surface area (Å²) in [6.45, 7) is 1.77. The first-order valence-electron chi connectivity index (χ1n) is 7.19. The molecule has 0 saturated carbocycles. The summed E-state index contributed by atoms with van der Waals surface area (Å²) >= 11 is 5.83. The van der Waals surface area contributed by atoms with Crippen molar-refractivity contribution in [2.45, 2.75) is 13.0 Å². The second kappa shape index (κ2) is 8.19. The molecule has 0 heterocycles. The first-order valence-corrected chi connectivity index (χ1v) is 7.57. The fourth-order valence-electron chi connectivity index (χ4n) is 1.98. The van der Waals surface area contributed by atoms with Gasteiger partial charge in [0.1, 0.15) is 0 Å². The molecule has 120 valence electrons. The number of carbonyl (C=O) groups is 2. The molecule has 0 aromatic heterocycles. The van der Waals surface area contributed by atoms with Crippen molar-refractivity contribution in [3.63, 3.8) is 0 Å². The normalized spacial score (nSPS) is 11.4. The van der Waals surface area contributed by atoms with Crippen LogP contribution in [-0.2, 0) is 4.79 Å². The number of amides is 3. The van der Waals surface area contributed by atoms with Crippen molar-refractivity contribution in [1.82, 2.24) is 10.6 Å². The predicted octanol–water partition coefficient (Wildman–Crippen LogP) is 3.34. The Hall–Kier alpha value is -2.53. The van der Waals surface area contributed by atoms with Crippen LogP contribution in [0.2, 0.25) is 5.02 Å². The molecule has 3 amide bonds. The van der Waals surface area contributed by atoms with E-state index in [4.69, 9.17) is 11.6 Å². The Balaban J connectivity index is 1.76. The SMILES string of the molecule is CC(NC(=O)CNC(=O)Nc1ccccc1)c1ccc(Cl)cc1. The Bertz CT molecular complexity index is 659. The summed E-state index contributed by atoms with van der Waals surface area (Å²) in [4.78, 5) is 23.6. The highest BCUT2D eigenvalue weighted by molar-refractivity contribution is 6.30. The summed E-state index contributed by atoms with van der Waals surface area (Å²) in [5, 5.41) is 8.61. The lowest BCUT2D eigenvalue weighted by molar-refractivity contribution is -0.120. The Morgan fingerprint density at radius 1 is 1.04 bits per heavy atom. The van der Waals surface area contributed by atoms with Crippen molar-refractivity contribution in [2.75, 3.05) is 11.9 Å². The van der Waals surface area contributed by atoms with Crippen LogP contribution in [0.5, 0.6) is 0 Å². The van der Waals surface area contributed by atoms with Crippen molar-refractivity contribution in [1.29, 1.82) is 0 Å². The molecule has 0 aliphatic heterocycles. The molecule has 0 radical (unpaired) electrons. The van der Waals surface area contributed by atoms with E-state index in [9.17, 15) is 9.59 Å². The maximum atomic E-state index is 11.9. The highest BCUT2D eigenvalue weighted by Gasteiger charge is 2.10. The van der Waals surface area contributed by atoms with Gasteiger partial charge in [-0.1, -0.05) is 41.9 Å². The lowest BCUT2D eigenvalue weighted by Gasteiger charge is -2.15. The minimum atomic E-state index is -0.425. The fourth-order valence-corrected chi connectivity index (χ4v) is 2.11. The summed E-state index contributed by atoms with van der Waals surface area (Å²) in [6, 6.07) is 15.7. The fraction of sp³-hybridized carbons (Fsp3) is 0.176. The van der Waals surface area contributed by atoms with E-state index in [2.05, 4.69) is 16.0 Å². The third-order valence-corrected chi connectivity index (χ3v) is 3.44. The van der Waals surface area contributed by atoms with E-state index in [0.717, 1.165) is 5.56 Å². The van der Waals surface area contributed by atoms with Gasteiger partial charge in [0.2, 0.25) is 5.91 Å². The van der Waals surface area contributed by atoms with Crippen molar-refractivity contribution in [3.05, 3.63) is 65.2 Å². The lowest BCUT2D eigenvalue weighted by Crippen LogP contribution is -2.39. The van der Waals surface area contributed by atoms with Crippen LogP contribution in [-0.4, -0.2) is 18.5 Å². The molecule has 2 rings (SSSR count). The number of anilines is 1. The van der Waals surface area contributed by atoms with E-state index < -0.39 is 6.03 Å². The van der Waals surface area contributed by atoms with Gasteiger partial charge >= 0.3 is 6.03 Å². The van der Waals surface area contributed by atoms with E-state index in [1.807, 2.05) is 37.3 Å². The first-order chi connectivity index (χ1) is 11.0. The molecule has 2 aromatic rings. The molecule has 1 atom stereocenters. The summed E-state index contributed by atoms with van der Waals surface area (Å²) in [5.74, 6) is -0.268. The Labute approximate surface area is 140 Å². The van der Waals surface area contributed by atoms with Gasteiger partial charge in [0.05, 0.1) is 12.6 Å². The number of rotatable bonds is 5. The smallest absolute Gasteiger partial charge is 0.319 e. The molecule has 0 spiro atoms. The highest BCUT2D eigenvalue weighted by atomic mass is 35.5. The Morgan fingerprint density at radius 2 is 1.70 bits per heavy atom. The second-order valence-corrected chi connectivity index (χ2v) is 5.45.